The highest BCUT2D eigenvalue weighted by Gasteiger charge is 2.18. The van der Waals surface area contributed by atoms with Gasteiger partial charge < -0.3 is 9.47 Å². The highest BCUT2D eigenvalue weighted by Crippen LogP contribution is 2.28. The second kappa shape index (κ2) is 7.98. The van der Waals surface area contributed by atoms with E-state index in [1.54, 1.807) is 31.3 Å². The third kappa shape index (κ3) is 4.40. The van der Waals surface area contributed by atoms with E-state index in [9.17, 15) is 9.59 Å². The van der Waals surface area contributed by atoms with Crippen LogP contribution in [0.1, 0.15) is 18.2 Å². The van der Waals surface area contributed by atoms with Crippen LogP contribution in [-0.4, -0.2) is 21.5 Å². The van der Waals surface area contributed by atoms with Gasteiger partial charge in [0, 0.05) is 17.3 Å². The molecule has 3 rings (SSSR count). The number of aryl methyl sites for hydroxylation is 1. The van der Waals surface area contributed by atoms with Crippen LogP contribution in [0.25, 0.3) is 5.65 Å². The largest absolute Gasteiger partial charge is 0.477 e. The molecule has 0 aliphatic carbocycles. The first-order valence-electron chi connectivity index (χ1n) is 8.11. The van der Waals surface area contributed by atoms with Gasteiger partial charge in [-0.15, -0.1) is 0 Å². The van der Waals surface area contributed by atoms with Gasteiger partial charge in [0.15, 0.2) is 6.10 Å². The summed E-state index contributed by atoms with van der Waals surface area (Å²) < 4.78 is 12.2. The Kier molecular flexibility index (Phi) is 5.68. The molecule has 0 N–H and O–H groups in total. The summed E-state index contributed by atoms with van der Waals surface area (Å²) in [5, 5.41) is 0.758. The highest BCUT2D eigenvalue weighted by atomic mass is 35.5. The van der Waals surface area contributed by atoms with E-state index < -0.39 is 12.1 Å². The first-order chi connectivity index (χ1) is 12.8. The van der Waals surface area contributed by atoms with Crippen molar-refractivity contribution < 1.29 is 14.3 Å². The lowest BCUT2D eigenvalue weighted by Crippen LogP contribution is -2.26. The fourth-order valence-corrected chi connectivity index (χ4v) is 2.91. The molecule has 0 saturated carbocycles. The van der Waals surface area contributed by atoms with Crippen LogP contribution >= 0.6 is 23.2 Å². The Balaban J connectivity index is 1.69. The molecule has 0 radical (unpaired) electrons. The van der Waals surface area contributed by atoms with Crippen LogP contribution in [0.15, 0.2) is 47.4 Å². The van der Waals surface area contributed by atoms with Crippen LogP contribution in [0, 0.1) is 6.92 Å². The zero-order valence-electron chi connectivity index (χ0n) is 14.6. The number of aromatic nitrogens is 2. The molecule has 2 aromatic heterocycles. The first kappa shape index (κ1) is 19.2. The van der Waals surface area contributed by atoms with Crippen molar-refractivity contribution in [3.8, 4) is 5.75 Å². The molecule has 0 unspecified atom stereocenters. The summed E-state index contributed by atoms with van der Waals surface area (Å²) in [6.07, 6.45) is 0.742. The molecule has 0 spiro atoms. The maximum atomic E-state index is 12.2. The number of benzene rings is 1. The predicted molar refractivity (Wildman–Crippen MR) is 103 cm³/mol. The number of hydrogen-bond donors (Lipinski definition) is 0. The SMILES string of the molecule is Cc1cccn2c(=O)cc(COC(=O)[C@@H](C)Oc3ccc(Cl)cc3Cl)nc12. The quantitative estimate of drug-likeness (QED) is 0.602. The van der Waals surface area contributed by atoms with E-state index in [2.05, 4.69) is 4.98 Å². The summed E-state index contributed by atoms with van der Waals surface area (Å²) in [6, 6.07) is 9.65. The minimum Gasteiger partial charge on any atom is -0.477 e. The van der Waals surface area contributed by atoms with Gasteiger partial charge >= 0.3 is 5.97 Å². The molecule has 27 heavy (non-hydrogen) atoms. The van der Waals surface area contributed by atoms with Crippen molar-refractivity contribution in [2.75, 3.05) is 0 Å². The zero-order valence-corrected chi connectivity index (χ0v) is 16.1. The molecule has 0 aliphatic rings. The Hall–Kier alpha value is -2.57. The topological polar surface area (TPSA) is 69.9 Å². The number of hydrogen-bond acceptors (Lipinski definition) is 5. The molecule has 0 amide bonds. The van der Waals surface area contributed by atoms with Crippen molar-refractivity contribution in [3.63, 3.8) is 0 Å². The molecule has 6 nitrogen and oxygen atoms in total. The number of ether oxygens (including phenoxy) is 2. The second-order valence-electron chi connectivity index (χ2n) is 5.91. The van der Waals surface area contributed by atoms with Crippen LogP contribution in [0.4, 0.5) is 0 Å². The Morgan fingerprint density at radius 2 is 2.04 bits per heavy atom. The second-order valence-corrected chi connectivity index (χ2v) is 6.76. The van der Waals surface area contributed by atoms with Gasteiger partial charge in [0.1, 0.15) is 18.0 Å². The lowest BCUT2D eigenvalue weighted by Gasteiger charge is -2.15. The van der Waals surface area contributed by atoms with E-state index in [0.29, 0.717) is 27.1 Å². The summed E-state index contributed by atoms with van der Waals surface area (Å²) in [6.45, 7) is 3.25. The molecule has 140 valence electrons. The Morgan fingerprint density at radius 1 is 1.26 bits per heavy atom. The highest BCUT2D eigenvalue weighted by molar-refractivity contribution is 6.35. The van der Waals surface area contributed by atoms with E-state index in [4.69, 9.17) is 32.7 Å². The van der Waals surface area contributed by atoms with Gasteiger partial charge in [0.05, 0.1) is 10.7 Å². The van der Waals surface area contributed by atoms with E-state index in [1.807, 2.05) is 13.0 Å². The Morgan fingerprint density at radius 3 is 2.78 bits per heavy atom. The van der Waals surface area contributed by atoms with Crippen molar-refractivity contribution in [3.05, 3.63) is 74.3 Å². The van der Waals surface area contributed by atoms with Gasteiger partial charge in [0.2, 0.25) is 0 Å². The van der Waals surface area contributed by atoms with Crippen molar-refractivity contribution in [1.82, 2.24) is 9.38 Å². The standard InChI is InChI=1S/C19H16Cl2N2O4/c1-11-4-3-7-23-17(24)9-14(22-18(11)23)10-26-19(25)12(2)27-16-6-5-13(20)8-15(16)21/h3-9,12H,10H2,1-2H3/t12-/m1/s1. The van der Waals surface area contributed by atoms with Crippen molar-refractivity contribution in [2.45, 2.75) is 26.6 Å². The predicted octanol–water partition coefficient (Wildman–Crippen LogP) is 3.82. The van der Waals surface area contributed by atoms with Gasteiger partial charge in [-0.2, -0.15) is 0 Å². The number of carbonyl (C=O) groups excluding carboxylic acids is 1. The molecular weight excluding hydrogens is 391 g/mol. The number of nitrogens with zero attached hydrogens (tertiary/aromatic N) is 2. The monoisotopic (exact) mass is 406 g/mol. The summed E-state index contributed by atoms with van der Waals surface area (Å²) in [5.74, 6) is -0.281. The number of pyridine rings is 1. The maximum absolute atomic E-state index is 12.2. The number of esters is 1. The van der Waals surface area contributed by atoms with Crippen molar-refractivity contribution in [1.29, 1.82) is 0 Å². The van der Waals surface area contributed by atoms with Gasteiger partial charge in [0.25, 0.3) is 5.56 Å². The summed E-state index contributed by atoms with van der Waals surface area (Å²) >= 11 is 11.9. The molecule has 0 bridgehead atoms. The molecule has 8 heteroatoms. The first-order valence-corrected chi connectivity index (χ1v) is 8.87. The lowest BCUT2D eigenvalue weighted by atomic mass is 10.3. The van der Waals surface area contributed by atoms with Gasteiger partial charge in [-0.3, -0.25) is 9.20 Å². The number of carbonyl (C=O) groups is 1. The summed E-state index contributed by atoms with van der Waals surface area (Å²) in [4.78, 5) is 28.7. The molecule has 0 aliphatic heterocycles. The van der Waals surface area contributed by atoms with Crippen LogP contribution in [-0.2, 0) is 16.1 Å². The van der Waals surface area contributed by atoms with E-state index in [-0.39, 0.29) is 12.2 Å². The molecule has 2 heterocycles. The number of halogens is 2. The fourth-order valence-electron chi connectivity index (χ4n) is 2.45. The zero-order chi connectivity index (χ0) is 19.6. The molecule has 1 aromatic carbocycles. The number of fused-ring (bicyclic) bond motifs is 1. The third-order valence-electron chi connectivity index (χ3n) is 3.83. The van der Waals surface area contributed by atoms with E-state index >= 15 is 0 Å². The fraction of sp³-hybridized carbons (Fsp3) is 0.211. The van der Waals surface area contributed by atoms with Gasteiger partial charge in [-0.05, 0) is 43.7 Å². The van der Waals surface area contributed by atoms with Crippen molar-refractivity contribution >= 4 is 34.8 Å². The van der Waals surface area contributed by atoms with Gasteiger partial charge in [-0.1, -0.05) is 29.3 Å². The molecule has 1 atom stereocenters. The summed E-state index contributed by atoms with van der Waals surface area (Å²) in [7, 11) is 0. The minimum atomic E-state index is -0.896. The molecule has 0 fully saturated rings. The average Bonchev–Trinajstić information content (AvgIpc) is 2.63. The molecule has 3 aromatic rings. The van der Waals surface area contributed by atoms with E-state index in [1.165, 1.54) is 16.5 Å². The van der Waals surface area contributed by atoms with Crippen LogP contribution in [0.5, 0.6) is 5.75 Å². The third-order valence-corrected chi connectivity index (χ3v) is 4.36. The van der Waals surface area contributed by atoms with E-state index in [0.717, 1.165) is 5.56 Å². The van der Waals surface area contributed by atoms with Gasteiger partial charge in [-0.25, -0.2) is 9.78 Å². The maximum Gasteiger partial charge on any atom is 0.347 e. The molecule has 0 saturated heterocycles. The van der Waals surface area contributed by atoms with Crippen molar-refractivity contribution in [2.24, 2.45) is 0 Å². The van der Waals surface area contributed by atoms with Crippen LogP contribution in [0.2, 0.25) is 10.0 Å². The molecular formula is C19H16Cl2N2O4. The lowest BCUT2D eigenvalue weighted by molar-refractivity contribution is -0.152. The normalized spacial score (nSPS) is 12.0. The Labute approximate surface area is 165 Å². The smallest absolute Gasteiger partial charge is 0.347 e. The van der Waals surface area contributed by atoms with Crippen LogP contribution in [0.3, 0.4) is 0 Å². The number of rotatable bonds is 5. The average molecular weight is 407 g/mol. The Bertz CT molecular complexity index is 1070. The minimum absolute atomic E-state index is 0.138. The summed E-state index contributed by atoms with van der Waals surface area (Å²) in [5.41, 5.74) is 1.48. The van der Waals surface area contributed by atoms with Crippen LogP contribution < -0.4 is 10.3 Å².